The molecule has 2 aromatic rings. The molecule has 0 saturated heterocycles. The Morgan fingerprint density at radius 2 is 1.88 bits per heavy atom. The molecule has 0 aliphatic carbocycles. The van der Waals surface area contributed by atoms with Gasteiger partial charge in [0.05, 0.1) is 12.1 Å². The molecule has 0 radical (unpaired) electrons. The first-order chi connectivity index (χ1) is 7.63. The van der Waals surface area contributed by atoms with Gasteiger partial charge in [-0.05, 0) is 51.0 Å². The number of pyridine rings is 1. The first-order valence-corrected chi connectivity index (χ1v) is 5.64. The number of aromatic nitrogens is 1. The van der Waals surface area contributed by atoms with Gasteiger partial charge in [0.1, 0.15) is 5.75 Å². The highest BCUT2D eigenvalue weighted by molar-refractivity contribution is 5.90. The number of ether oxygens (including phenoxy) is 1. The maximum Gasteiger partial charge on any atom is 0.128 e. The lowest BCUT2D eigenvalue weighted by atomic mass is 10.0. The van der Waals surface area contributed by atoms with E-state index in [9.17, 15) is 0 Å². The van der Waals surface area contributed by atoms with Crippen LogP contribution in [0.2, 0.25) is 0 Å². The third-order valence-electron chi connectivity index (χ3n) is 2.75. The van der Waals surface area contributed by atoms with Crippen molar-refractivity contribution in [3.05, 3.63) is 35.0 Å². The number of fused-ring (bicyclic) bond motifs is 1. The molecular weight excluding hydrogens is 198 g/mol. The van der Waals surface area contributed by atoms with E-state index >= 15 is 0 Å². The third kappa shape index (κ3) is 1.75. The van der Waals surface area contributed by atoms with Crippen LogP contribution in [0.3, 0.4) is 0 Å². The number of hydrogen-bond donors (Lipinski definition) is 0. The van der Waals surface area contributed by atoms with Crippen LogP contribution < -0.4 is 4.74 Å². The molecular formula is C14H17NO. The maximum atomic E-state index is 5.65. The Balaban J connectivity index is 2.81. The summed E-state index contributed by atoms with van der Waals surface area (Å²) in [5, 5.41) is 1.15. The van der Waals surface area contributed by atoms with Crippen molar-refractivity contribution >= 4 is 10.9 Å². The van der Waals surface area contributed by atoms with E-state index in [1.54, 1.807) is 0 Å². The van der Waals surface area contributed by atoms with Crippen LogP contribution in [0.15, 0.2) is 18.2 Å². The molecule has 0 bridgehead atoms. The van der Waals surface area contributed by atoms with E-state index in [-0.39, 0.29) is 0 Å². The summed E-state index contributed by atoms with van der Waals surface area (Å²) < 4.78 is 5.65. The van der Waals surface area contributed by atoms with E-state index in [1.807, 2.05) is 19.9 Å². The predicted molar refractivity (Wildman–Crippen MR) is 67.1 cm³/mol. The van der Waals surface area contributed by atoms with Gasteiger partial charge in [-0.15, -0.1) is 0 Å². The summed E-state index contributed by atoms with van der Waals surface area (Å²) >= 11 is 0. The molecule has 0 unspecified atom stereocenters. The summed E-state index contributed by atoms with van der Waals surface area (Å²) in [7, 11) is 0. The van der Waals surface area contributed by atoms with Gasteiger partial charge in [0.25, 0.3) is 0 Å². The van der Waals surface area contributed by atoms with Crippen LogP contribution in [0.1, 0.15) is 23.7 Å². The molecule has 1 heterocycles. The second-order valence-electron chi connectivity index (χ2n) is 4.12. The van der Waals surface area contributed by atoms with Crippen molar-refractivity contribution < 1.29 is 4.74 Å². The third-order valence-corrected chi connectivity index (χ3v) is 2.75. The van der Waals surface area contributed by atoms with E-state index in [2.05, 4.69) is 31.0 Å². The molecule has 0 N–H and O–H groups in total. The Kier molecular flexibility index (Phi) is 2.82. The van der Waals surface area contributed by atoms with Gasteiger partial charge in [0, 0.05) is 11.1 Å². The minimum absolute atomic E-state index is 0.686. The average molecular weight is 215 g/mol. The highest BCUT2D eigenvalue weighted by Crippen LogP contribution is 2.30. The molecule has 1 aromatic carbocycles. The van der Waals surface area contributed by atoms with Crippen molar-refractivity contribution in [1.29, 1.82) is 0 Å². The molecule has 0 spiro atoms. The van der Waals surface area contributed by atoms with Gasteiger partial charge in [-0.25, -0.2) is 0 Å². The second kappa shape index (κ2) is 4.12. The summed E-state index contributed by atoms with van der Waals surface area (Å²) in [6.07, 6.45) is 0. The van der Waals surface area contributed by atoms with Gasteiger partial charge in [-0.3, -0.25) is 4.98 Å². The number of aryl methyl sites for hydroxylation is 3. The lowest BCUT2D eigenvalue weighted by Crippen LogP contribution is -1.97. The van der Waals surface area contributed by atoms with E-state index in [0.29, 0.717) is 6.61 Å². The summed E-state index contributed by atoms with van der Waals surface area (Å²) in [5.74, 6) is 0.938. The zero-order chi connectivity index (χ0) is 11.7. The Morgan fingerprint density at radius 1 is 1.12 bits per heavy atom. The average Bonchev–Trinajstić information content (AvgIpc) is 2.22. The monoisotopic (exact) mass is 215 g/mol. The number of rotatable bonds is 2. The molecule has 2 nitrogen and oxygen atoms in total. The van der Waals surface area contributed by atoms with Crippen LogP contribution in [0.4, 0.5) is 0 Å². The molecule has 1 aromatic heterocycles. The maximum absolute atomic E-state index is 5.65. The number of nitrogens with zero attached hydrogens (tertiary/aromatic N) is 1. The fraction of sp³-hybridized carbons (Fsp3) is 0.357. The van der Waals surface area contributed by atoms with Gasteiger partial charge in [0.15, 0.2) is 0 Å². The molecule has 0 atom stereocenters. The van der Waals surface area contributed by atoms with Crippen molar-refractivity contribution in [2.45, 2.75) is 27.7 Å². The molecule has 0 fully saturated rings. The van der Waals surface area contributed by atoms with Crippen LogP contribution in [0.25, 0.3) is 10.9 Å². The number of hydrogen-bond acceptors (Lipinski definition) is 2. The SMILES string of the molecule is CCOc1ccc(C)c2nc(C)cc(C)c12. The molecule has 16 heavy (non-hydrogen) atoms. The van der Waals surface area contributed by atoms with Crippen molar-refractivity contribution in [3.8, 4) is 5.75 Å². The minimum Gasteiger partial charge on any atom is -0.493 e. The van der Waals surface area contributed by atoms with Crippen LogP contribution in [-0.2, 0) is 0 Å². The Labute approximate surface area is 96.3 Å². The summed E-state index contributed by atoms with van der Waals surface area (Å²) in [5.41, 5.74) is 4.55. The Morgan fingerprint density at radius 3 is 2.56 bits per heavy atom. The van der Waals surface area contributed by atoms with Crippen molar-refractivity contribution in [3.63, 3.8) is 0 Å². The highest BCUT2D eigenvalue weighted by Gasteiger charge is 2.09. The first kappa shape index (κ1) is 10.9. The van der Waals surface area contributed by atoms with Crippen LogP contribution >= 0.6 is 0 Å². The second-order valence-corrected chi connectivity index (χ2v) is 4.12. The normalized spacial score (nSPS) is 10.8. The zero-order valence-corrected chi connectivity index (χ0v) is 10.3. The standard InChI is InChI=1S/C14H17NO/c1-5-16-12-7-6-9(2)14-13(12)10(3)8-11(4)15-14/h6-8H,5H2,1-4H3. The van der Waals surface area contributed by atoms with E-state index < -0.39 is 0 Å². The molecule has 0 saturated carbocycles. The molecule has 2 heteroatoms. The topological polar surface area (TPSA) is 22.1 Å². The zero-order valence-electron chi connectivity index (χ0n) is 10.3. The molecule has 2 rings (SSSR count). The van der Waals surface area contributed by atoms with Crippen molar-refractivity contribution in [2.75, 3.05) is 6.61 Å². The largest absolute Gasteiger partial charge is 0.493 e. The predicted octanol–water partition coefficient (Wildman–Crippen LogP) is 3.56. The van der Waals surface area contributed by atoms with E-state index in [4.69, 9.17) is 4.74 Å². The van der Waals surface area contributed by atoms with Gasteiger partial charge in [-0.2, -0.15) is 0 Å². The van der Waals surface area contributed by atoms with Gasteiger partial charge < -0.3 is 4.74 Å². The van der Waals surface area contributed by atoms with E-state index in [0.717, 1.165) is 22.3 Å². The summed E-state index contributed by atoms with van der Waals surface area (Å²) in [4.78, 5) is 4.60. The van der Waals surface area contributed by atoms with E-state index in [1.165, 1.54) is 11.1 Å². The minimum atomic E-state index is 0.686. The molecule has 84 valence electrons. The first-order valence-electron chi connectivity index (χ1n) is 5.64. The fourth-order valence-electron chi connectivity index (χ4n) is 2.07. The van der Waals surface area contributed by atoms with Gasteiger partial charge in [-0.1, -0.05) is 6.07 Å². The molecule has 0 amide bonds. The summed E-state index contributed by atoms with van der Waals surface area (Å²) in [6, 6.07) is 6.20. The summed E-state index contributed by atoms with van der Waals surface area (Å²) in [6.45, 7) is 8.91. The van der Waals surface area contributed by atoms with Crippen LogP contribution in [0.5, 0.6) is 5.75 Å². The fourth-order valence-corrected chi connectivity index (χ4v) is 2.07. The Hall–Kier alpha value is -1.57. The van der Waals surface area contributed by atoms with Crippen molar-refractivity contribution in [2.24, 2.45) is 0 Å². The Bertz CT molecular complexity index is 532. The molecule has 0 aliphatic rings. The molecule has 0 aliphatic heterocycles. The smallest absolute Gasteiger partial charge is 0.128 e. The van der Waals surface area contributed by atoms with Gasteiger partial charge in [0.2, 0.25) is 0 Å². The van der Waals surface area contributed by atoms with Crippen LogP contribution in [-0.4, -0.2) is 11.6 Å². The lowest BCUT2D eigenvalue weighted by molar-refractivity contribution is 0.344. The van der Waals surface area contributed by atoms with Gasteiger partial charge >= 0.3 is 0 Å². The quantitative estimate of drug-likeness (QED) is 0.764. The van der Waals surface area contributed by atoms with Crippen molar-refractivity contribution in [1.82, 2.24) is 4.98 Å². The van der Waals surface area contributed by atoms with Crippen LogP contribution in [0, 0.1) is 20.8 Å². The number of benzene rings is 1. The lowest BCUT2D eigenvalue weighted by Gasteiger charge is -2.12. The highest BCUT2D eigenvalue weighted by atomic mass is 16.5.